The number of hydrogen-bond donors (Lipinski definition) is 2. The van der Waals surface area contributed by atoms with Gasteiger partial charge in [0.1, 0.15) is 32.3 Å². The third-order valence-electron chi connectivity index (χ3n) is 8.44. The normalized spacial score (nSPS) is 11.2. The van der Waals surface area contributed by atoms with Crippen molar-refractivity contribution in [1.82, 2.24) is 0 Å². The van der Waals surface area contributed by atoms with Crippen LogP contribution in [0.25, 0.3) is 0 Å². The summed E-state index contributed by atoms with van der Waals surface area (Å²) in [6, 6.07) is 22.6. The zero-order valence-electron chi connectivity index (χ0n) is 30.7. The average Bonchev–Trinajstić information content (AvgIpc) is 3.10. The van der Waals surface area contributed by atoms with Crippen molar-refractivity contribution in [3.05, 3.63) is 96.1 Å². The minimum Gasteiger partial charge on any atom is -0.869 e. The molecule has 4 rings (SSSR count). The van der Waals surface area contributed by atoms with Crippen LogP contribution >= 0.6 is 0 Å². The van der Waals surface area contributed by atoms with Gasteiger partial charge in [-0.25, -0.2) is 8.42 Å². The number of phenolic OH excluding ortho intramolecular Hbond substituents is 1. The molecule has 0 amide bonds. The number of aromatic hydroxyl groups is 1. The molecule has 2 N–H and O–H groups in total. The Morgan fingerprint density at radius 3 is 1.42 bits per heavy atom. The van der Waals surface area contributed by atoms with E-state index in [2.05, 4.69) is 13.8 Å². The molecule has 13 heteroatoms. The van der Waals surface area contributed by atoms with Crippen molar-refractivity contribution >= 4 is 58.0 Å². The second kappa shape index (κ2) is 23.8. The van der Waals surface area contributed by atoms with E-state index in [9.17, 15) is 36.2 Å². The van der Waals surface area contributed by atoms with Crippen LogP contribution in [0.3, 0.4) is 0 Å². The summed E-state index contributed by atoms with van der Waals surface area (Å²) < 4.78 is 76.7. The number of ether oxygens (including phenoxy) is 2. The second-order valence-corrected chi connectivity index (χ2v) is 15.3. The monoisotopic (exact) mass is 794 g/mol. The largest absolute Gasteiger partial charge is 2.00 e. The molecule has 284 valence electrons. The topological polar surface area (TPSA) is 173 Å². The minimum atomic E-state index is -4.83. The Hall–Kier alpha value is -2.84. The van der Waals surface area contributed by atoms with Gasteiger partial charge in [-0.3, -0.25) is 4.55 Å². The van der Waals surface area contributed by atoms with Crippen molar-refractivity contribution in [1.29, 1.82) is 0 Å². The summed E-state index contributed by atoms with van der Waals surface area (Å²) in [5.41, 5.74) is 1.96. The van der Waals surface area contributed by atoms with Crippen LogP contribution in [0.2, 0.25) is 0 Å². The molecule has 4 aromatic carbocycles. The van der Waals surface area contributed by atoms with E-state index in [4.69, 9.17) is 9.47 Å². The van der Waals surface area contributed by atoms with E-state index in [1.54, 1.807) is 18.2 Å². The molecular formula is C40H50CaO10S2. The van der Waals surface area contributed by atoms with Gasteiger partial charge in [-0.15, -0.1) is 0 Å². The molecule has 0 aliphatic carbocycles. The van der Waals surface area contributed by atoms with Crippen molar-refractivity contribution in [3.8, 4) is 34.5 Å². The molecule has 0 atom stereocenters. The molecule has 0 spiro atoms. The van der Waals surface area contributed by atoms with Gasteiger partial charge in [0.2, 0.25) is 0 Å². The molecule has 0 saturated heterocycles. The zero-order chi connectivity index (χ0) is 38.0. The van der Waals surface area contributed by atoms with E-state index >= 15 is 0 Å². The van der Waals surface area contributed by atoms with Crippen molar-refractivity contribution in [2.75, 3.05) is 0 Å². The van der Waals surface area contributed by atoms with Crippen LogP contribution in [0.5, 0.6) is 34.5 Å². The molecule has 0 aliphatic rings. The third-order valence-corrected chi connectivity index (χ3v) is 10.2. The Morgan fingerprint density at radius 1 is 0.547 bits per heavy atom. The molecule has 0 aromatic heterocycles. The number of unbranched alkanes of at least 4 members (excludes halogenated alkanes) is 10. The maximum atomic E-state index is 12.2. The van der Waals surface area contributed by atoms with Crippen LogP contribution in [-0.4, -0.2) is 68.8 Å². The molecular weight excluding hydrogens is 745 g/mol. The first-order valence-electron chi connectivity index (χ1n) is 17.9. The molecule has 0 fully saturated rings. The van der Waals surface area contributed by atoms with E-state index in [1.807, 2.05) is 30.3 Å². The van der Waals surface area contributed by atoms with Crippen molar-refractivity contribution in [3.63, 3.8) is 0 Å². The first-order valence-corrected chi connectivity index (χ1v) is 20.8. The summed E-state index contributed by atoms with van der Waals surface area (Å²) in [6.07, 6.45) is 15.9. The van der Waals surface area contributed by atoms with Gasteiger partial charge in [0, 0.05) is 0 Å². The first-order chi connectivity index (χ1) is 24.9. The molecule has 0 unspecified atom stereocenters. The number of benzene rings is 4. The average molecular weight is 795 g/mol. The fourth-order valence-corrected chi connectivity index (χ4v) is 6.78. The third kappa shape index (κ3) is 15.8. The van der Waals surface area contributed by atoms with E-state index in [1.165, 1.54) is 75.6 Å². The second-order valence-electron chi connectivity index (χ2n) is 12.6. The molecule has 0 bridgehead atoms. The summed E-state index contributed by atoms with van der Waals surface area (Å²) in [5.74, 6) is -0.573. The van der Waals surface area contributed by atoms with Gasteiger partial charge in [0.25, 0.3) is 10.1 Å². The SMILES string of the molecule is CCCCCCCCc1ccccc1Oc1cccc(S(=O)(=O)O)c1O.CCCCCCCCc1ccccc1Oc1cccc(S(=O)(=O)[O-])c1[O-].[Ca+2]. The Kier molecular flexibility index (Phi) is 20.8. The Labute approximate surface area is 345 Å². The molecule has 4 aromatic rings. The summed E-state index contributed by atoms with van der Waals surface area (Å²) in [7, 11) is -9.34. The van der Waals surface area contributed by atoms with Gasteiger partial charge in [0.05, 0.1) is 4.90 Å². The van der Waals surface area contributed by atoms with Crippen LogP contribution in [0.15, 0.2) is 94.7 Å². The van der Waals surface area contributed by atoms with E-state index in [0.717, 1.165) is 61.8 Å². The molecule has 0 saturated carbocycles. The van der Waals surface area contributed by atoms with E-state index in [0.29, 0.717) is 11.5 Å². The maximum Gasteiger partial charge on any atom is 2.00 e. The molecule has 0 heterocycles. The van der Waals surface area contributed by atoms with Crippen molar-refractivity contribution in [2.45, 2.75) is 114 Å². The fourth-order valence-electron chi connectivity index (χ4n) is 5.61. The molecule has 0 aliphatic heterocycles. The summed E-state index contributed by atoms with van der Waals surface area (Å²) in [6.45, 7) is 4.38. The van der Waals surface area contributed by atoms with Gasteiger partial charge in [0.15, 0.2) is 11.5 Å². The quantitative estimate of drug-likeness (QED) is 0.0499. The first kappa shape index (κ1) is 46.3. The van der Waals surface area contributed by atoms with Crippen molar-refractivity contribution in [2.24, 2.45) is 0 Å². The maximum absolute atomic E-state index is 12.2. The van der Waals surface area contributed by atoms with E-state index < -0.39 is 41.5 Å². The predicted molar refractivity (Wildman–Crippen MR) is 205 cm³/mol. The molecule has 53 heavy (non-hydrogen) atoms. The van der Waals surface area contributed by atoms with Gasteiger partial charge >= 0.3 is 37.7 Å². The van der Waals surface area contributed by atoms with Gasteiger partial charge in [-0.1, -0.05) is 127 Å². The Balaban J connectivity index is 0.000000360. The van der Waals surface area contributed by atoms with Crippen LogP contribution in [0.4, 0.5) is 0 Å². The van der Waals surface area contributed by atoms with E-state index in [-0.39, 0.29) is 49.2 Å². The number of hydrogen-bond acceptors (Lipinski definition) is 9. The summed E-state index contributed by atoms with van der Waals surface area (Å²) in [5, 5.41) is 22.3. The van der Waals surface area contributed by atoms with Gasteiger partial charge in [-0.05, 0) is 79.0 Å². The molecule has 10 nitrogen and oxygen atoms in total. The minimum absolute atomic E-state index is 0. The predicted octanol–water partition coefficient (Wildman–Crippen LogP) is 9.31. The van der Waals surface area contributed by atoms with Crippen LogP contribution in [-0.2, 0) is 33.1 Å². The Morgan fingerprint density at radius 2 is 0.943 bits per heavy atom. The summed E-state index contributed by atoms with van der Waals surface area (Å²) in [4.78, 5) is -1.35. The number of phenols is 1. The zero-order valence-corrected chi connectivity index (χ0v) is 34.5. The molecule has 0 radical (unpaired) electrons. The number of rotatable bonds is 20. The Bertz CT molecular complexity index is 1780. The van der Waals surface area contributed by atoms with Crippen LogP contribution < -0.4 is 14.6 Å². The van der Waals surface area contributed by atoms with Crippen LogP contribution in [0, 0.1) is 0 Å². The smallest absolute Gasteiger partial charge is 0.869 e. The van der Waals surface area contributed by atoms with Gasteiger partial charge in [-0.2, -0.15) is 8.42 Å². The summed E-state index contributed by atoms with van der Waals surface area (Å²) >= 11 is 0. The standard InChI is InChI=1S/2C20H26O5S.Ca/c2*1-2-3-4-5-6-7-11-16-12-8-9-13-17(16)25-18-14-10-15-19(20(18)21)26(22,23)24;/h2*8-10,12-15,21H,2-7,11H2,1H3,(H,22,23,24);/q;;+2/p-2. The fraction of sp³-hybridized carbons (Fsp3) is 0.400. The van der Waals surface area contributed by atoms with Crippen LogP contribution in [0.1, 0.15) is 102 Å². The van der Waals surface area contributed by atoms with Gasteiger partial charge < -0.3 is 24.2 Å². The number of aryl methyl sites for hydroxylation is 2. The number of para-hydroxylation sites is 4. The van der Waals surface area contributed by atoms with Crippen molar-refractivity contribution < 1.29 is 45.6 Å².